The molecule has 0 saturated heterocycles. The van der Waals surface area contributed by atoms with E-state index in [0.29, 0.717) is 28.5 Å². The number of carbonyl (C=O) groups is 1. The van der Waals surface area contributed by atoms with E-state index in [1.54, 1.807) is 12.1 Å². The van der Waals surface area contributed by atoms with Gasteiger partial charge in [0.15, 0.2) is 11.3 Å². The van der Waals surface area contributed by atoms with Crippen LogP contribution in [0.25, 0.3) is 22.6 Å². The van der Waals surface area contributed by atoms with Gasteiger partial charge in [-0.25, -0.2) is 4.98 Å². The van der Waals surface area contributed by atoms with Gasteiger partial charge in [-0.2, -0.15) is 0 Å². The summed E-state index contributed by atoms with van der Waals surface area (Å²) in [6, 6.07) is 14.3. The highest BCUT2D eigenvalue weighted by Crippen LogP contribution is 2.34. The summed E-state index contributed by atoms with van der Waals surface area (Å²) >= 11 is 15.8. The van der Waals surface area contributed by atoms with E-state index >= 15 is 0 Å². The van der Waals surface area contributed by atoms with Crippen LogP contribution in [-0.2, 0) is 6.42 Å². The van der Waals surface area contributed by atoms with Crippen molar-refractivity contribution in [1.29, 1.82) is 0 Å². The largest absolute Gasteiger partial charge is 0.494 e. The van der Waals surface area contributed by atoms with E-state index in [-0.39, 0.29) is 16.0 Å². The molecule has 4 rings (SSSR count). The molecule has 0 saturated carbocycles. The maximum Gasteiger partial charge on any atom is 0.255 e. The third kappa shape index (κ3) is 4.42. The van der Waals surface area contributed by atoms with Crippen molar-refractivity contribution in [2.75, 3.05) is 12.4 Å². The van der Waals surface area contributed by atoms with Crippen molar-refractivity contribution in [3.05, 3.63) is 74.2 Å². The van der Waals surface area contributed by atoms with E-state index in [1.165, 1.54) is 24.8 Å². The Labute approximate surface area is 197 Å². The van der Waals surface area contributed by atoms with Gasteiger partial charge in [0.05, 0.1) is 21.6 Å². The molecule has 158 valence electrons. The predicted molar refractivity (Wildman–Crippen MR) is 127 cm³/mol. The average molecular weight is 520 g/mol. The zero-order chi connectivity index (χ0) is 22.1. The van der Waals surface area contributed by atoms with Crippen molar-refractivity contribution in [3.8, 4) is 17.2 Å². The van der Waals surface area contributed by atoms with Gasteiger partial charge in [-0.05, 0) is 76.4 Å². The normalized spacial score (nSPS) is 11.0. The summed E-state index contributed by atoms with van der Waals surface area (Å²) in [5, 5.41) is 3.36. The minimum absolute atomic E-state index is 0.267. The first-order valence-electron chi connectivity index (χ1n) is 9.43. The smallest absolute Gasteiger partial charge is 0.255 e. The number of aromatic nitrogens is 1. The number of nitrogens with one attached hydrogen (secondary N) is 1. The maximum absolute atomic E-state index is 12.6. The highest BCUT2D eigenvalue weighted by Gasteiger charge is 2.15. The minimum Gasteiger partial charge on any atom is -0.494 e. The Hall–Kier alpha value is -2.54. The van der Waals surface area contributed by atoms with Crippen LogP contribution in [0.1, 0.15) is 22.8 Å². The number of aryl methyl sites for hydroxylation is 1. The Morgan fingerprint density at radius 3 is 2.42 bits per heavy atom. The SMILES string of the molecule is CCc1cc(Br)c2oc(-c3ccc(NC(=O)c4cc(Cl)c(OC)c(Cl)c4)cc3)nc2c1. The van der Waals surface area contributed by atoms with Crippen LogP contribution in [0.5, 0.6) is 5.75 Å². The molecule has 0 radical (unpaired) electrons. The molecule has 0 fully saturated rings. The molecule has 31 heavy (non-hydrogen) atoms. The monoisotopic (exact) mass is 518 g/mol. The van der Waals surface area contributed by atoms with Gasteiger partial charge in [-0.15, -0.1) is 0 Å². The zero-order valence-corrected chi connectivity index (χ0v) is 19.7. The molecule has 0 aliphatic heterocycles. The van der Waals surface area contributed by atoms with E-state index in [1.807, 2.05) is 24.3 Å². The predicted octanol–water partition coefficient (Wildman–Crippen LogP) is 7.39. The van der Waals surface area contributed by atoms with E-state index < -0.39 is 0 Å². The molecule has 0 bridgehead atoms. The summed E-state index contributed by atoms with van der Waals surface area (Å²) < 4.78 is 11.9. The van der Waals surface area contributed by atoms with Crippen LogP contribution in [0.15, 0.2) is 57.4 Å². The number of amides is 1. The van der Waals surface area contributed by atoms with Gasteiger partial charge < -0.3 is 14.5 Å². The Bertz CT molecular complexity index is 1260. The van der Waals surface area contributed by atoms with Gasteiger partial charge in [0.25, 0.3) is 5.91 Å². The standard InChI is InChI=1S/C23H17BrCl2N2O3/c1-3-12-8-16(24)20-19(9-12)28-23(31-20)13-4-6-15(7-5-13)27-22(29)14-10-17(25)21(30-2)18(26)11-14/h4-11H,3H2,1-2H3,(H,27,29). The summed E-state index contributed by atoms with van der Waals surface area (Å²) in [4.78, 5) is 17.2. The Morgan fingerprint density at radius 2 is 1.81 bits per heavy atom. The van der Waals surface area contributed by atoms with Crippen LogP contribution in [0.4, 0.5) is 5.69 Å². The number of anilines is 1. The number of carbonyl (C=O) groups excluding carboxylic acids is 1. The molecule has 1 heterocycles. The molecule has 0 spiro atoms. The van der Waals surface area contributed by atoms with Crippen molar-refractivity contribution in [2.45, 2.75) is 13.3 Å². The van der Waals surface area contributed by atoms with Crippen LogP contribution >= 0.6 is 39.1 Å². The second-order valence-electron chi connectivity index (χ2n) is 6.80. The zero-order valence-electron chi connectivity index (χ0n) is 16.6. The average Bonchev–Trinajstić information content (AvgIpc) is 3.18. The minimum atomic E-state index is -0.336. The number of hydrogen-bond donors (Lipinski definition) is 1. The number of nitrogens with zero attached hydrogens (tertiary/aromatic N) is 1. The van der Waals surface area contributed by atoms with Crippen molar-refractivity contribution >= 4 is 61.8 Å². The van der Waals surface area contributed by atoms with Crippen LogP contribution in [0, 0.1) is 0 Å². The molecular weight excluding hydrogens is 503 g/mol. The van der Waals surface area contributed by atoms with E-state index in [4.69, 9.17) is 32.4 Å². The lowest BCUT2D eigenvalue weighted by Gasteiger charge is -2.09. The summed E-state index contributed by atoms with van der Waals surface area (Å²) in [6.45, 7) is 2.09. The lowest BCUT2D eigenvalue weighted by atomic mass is 10.1. The van der Waals surface area contributed by atoms with Gasteiger partial charge in [-0.1, -0.05) is 30.1 Å². The fraction of sp³-hybridized carbons (Fsp3) is 0.130. The number of hydrogen-bond acceptors (Lipinski definition) is 4. The van der Waals surface area contributed by atoms with Gasteiger partial charge in [0.2, 0.25) is 5.89 Å². The summed E-state index contributed by atoms with van der Waals surface area (Å²) in [5.74, 6) is 0.507. The third-order valence-corrected chi connectivity index (χ3v) is 5.92. The molecule has 0 aliphatic carbocycles. The highest BCUT2D eigenvalue weighted by atomic mass is 79.9. The highest BCUT2D eigenvalue weighted by molar-refractivity contribution is 9.10. The fourth-order valence-electron chi connectivity index (χ4n) is 3.16. The lowest BCUT2D eigenvalue weighted by Crippen LogP contribution is -2.12. The number of benzene rings is 3. The Morgan fingerprint density at radius 1 is 1.13 bits per heavy atom. The van der Waals surface area contributed by atoms with Gasteiger partial charge in [0, 0.05) is 16.8 Å². The van der Waals surface area contributed by atoms with Gasteiger partial charge in [-0.3, -0.25) is 4.79 Å². The quantitative estimate of drug-likeness (QED) is 0.298. The van der Waals surface area contributed by atoms with Crippen LogP contribution in [0.3, 0.4) is 0 Å². The van der Waals surface area contributed by atoms with Gasteiger partial charge in [0.1, 0.15) is 5.52 Å². The second kappa shape index (κ2) is 8.91. The Kier molecular flexibility index (Phi) is 6.23. The second-order valence-corrected chi connectivity index (χ2v) is 8.47. The van der Waals surface area contributed by atoms with Crippen molar-refractivity contribution in [2.24, 2.45) is 0 Å². The number of rotatable bonds is 5. The van der Waals surface area contributed by atoms with Crippen molar-refractivity contribution < 1.29 is 13.9 Å². The van der Waals surface area contributed by atoms with Crippen molar-refractivity contribution in [3.63, 3.8) is 0 Å². The lowest BCUT2D eigenvalue weighted by molar-refractivity contribution is 0.102. The molecule has 4 aromatic rings. The molecule has 0 aliphatic rings. The molecule has 1 aromatic heterocycles. The number of methoxy groups -OCH3 is 1. The first-order chi connectivity index (χ1) is 14.9. The first-order valence-corrected chi connectivity index (χ1v) is 11.0. The first kappa shape index (κ1) is 21.7. The number of ether oxygens (including phenoxy) is 1. The molecule has 1 amide bonds. The number of fused-ring (bicyclic) bond motifs is 1. The summed E-state index contributed by atoms with van der Waals surface area (Å²) in [5.41, 5.74) is 4.42. The summed E-state index contributed by atoms with van der Waals surface area (Å²) in [7, 11) is 1.46. The molecule has 5 nitrogen and oxygen atoms in total. The summed E-state index contributed by atoms with van der Waals surface area (Å²) in [6.07, 6.45) is 0.912. The molecule has 0 unspecified atom stereocenters. The van der Waals surface area contributed by atoms with E-state index in [0.717, 1.165) is 22.0 Å². The van der Waals surface area contributed by atoms with Crippen LogP contribution < -0.4 is 10.1 Å². The molecule has 8 heteroatoms. The molecule has 3 aromatic carbocycles. The van der Waals surface area contributed by atoms with E-state index in [9.17, 15) is 4.79 Å². The number of halogens is 3. The fourth-order valence-corrected chi connectivity index (χ4v) is 4.38. The third-order valence-electron chi connectivity index (χ3n) is 4.77. The topological polar surface area (TPSA) is 64.4 Å². The number of oxazole rings is 1. The van der Waals surface area contributed by atoms with Crippen LogP contribution in [0.2, 0.25) is 10.0 Å². The van der Waals surface area contributed by atoms with Crippen LogP contribution in [-0.4, -0.2) is 18.0 Å². The molecular formula is C23H17BrCl2N2O3. The van der Waals surface area contributed by atoms with E-state index in [2.05, 4.69) is 33.2 Å². The maximum atomic E-state index is 12.6. The molecule has 0 atom stereocenters. The molecule has 1 N–H and O–H groups in total. The Balaban J connectivity index is 1.55. The van der Waals surface area contributed by atoms with Crippen molar-refractivity contribution in [1.82, 2.24) is 4.98 Å². The van der Waals surface area contributed by atoms with Gasteiger partial charge >= 0.3 is 0 Å².